The minimum absolute atomic E-state index is 0.438. The number of aryl methyl sites for hydroxylation is 2. The summed E-state index contributed by atoms with van der Waals surface area (Å²) < 4.78 is 0. The van der Waals surface area contributed by atoms with Gasteiger partial charge in [0, 0.05) is 25.2 Å². The topological polar surface area (TPSA) is 15.3 Å². The molecule has 0 heterocycles. The van der Waals surface area contributed by atoms with Crippen LogP contribution in [-0.2, 0) is 0 Å². The van der Waals surface area contributed by atoms with Gasteiger partial charge in [-0.15, -0.1) is 0 Å². The maximum atomic E-state index is 3.67. The van der Waals surface area contributed by atoms with Gasteiger partial charge in [0.1, 0.15) is 0 Å². The highest BCUT2D eigenvalue weighted by Crippen LogP contribution is 2.22. The van der Waals surface area contributed by atoms with Crippen LogP contribution in [0.4, 0.5) is 0 Å². The average Bonchev–Trinajstić information content (AvgIpc) is 2.92. The van der Waals surface area contributed by atoms with E-state index < -0.39 is 0 Å². The van der Waals surface area contributed by atoms with E-state index in [2.05, 4.69) is 56.2 Å². The molecule has 1 aromatic rings. The van der Waals surface area contributed by atoms with Crippen molar-refractivity contribution in [1.82, 2.24) is 10.2 Å². The minimum atomic E-state index is 0.438. The molecular weight excluding hydrogens is 244 g/mol. The Morgan fingerprint density at radius 2 is 1.95 bits per heavy atom. The van der Waals surface area contributed by atoms with Crippen molar-refractivity contribution in [3.05, 3.63) is 34.9 Å². The highest BCUT2D eigenvalue weighted by Gasteiger charge is 2.19. The van der Waals surface area contributed by atoms with Crippen LogP contribution in [0.15, 0.2) is 18.2 Å². The summed E-state index contributed by atoms with van der Waals surface area (Å²) in [5, 5.41) is 3.67. The van der Waals surface area contributed by atoms with Gasteiger partial charge in [-0.25, -0.2) is 0 Å². The molecule has 112 valence electrons. The van der Waals surface area contributed by atoms with Gasteiger partial charge in [-0.1, -0.05) is 36.6 Å². The first-order chi connectivity index (χ1) is 9.58. The smallest absolute Gasteiger partial charge is 0.0294 e. The van der Waals surface area contributed by atoms with Crippen molar-refractivity contribution in [3.8, 4) is 0 Å². The van der Waals surface area contributed by atoms with Crippen LogP contribution in [0.25, 0.3) is 0 Å². The molecule has 0 aliphatic heterocycles. The lowest BCUT2D eigenvalue weighted by atomic mass is 10.0. The Morgan fingerprint density at radius 1 is 1.25 bits per heavy atom. The van der Waals surface area contributed by atoms with Gasteiger partial charge in [0.25, 0.3) is 0 Å². The van der Waals surface area contributed by atoms with Crippen molar-refractivity contribution < 1.29 is 0 Å². The van der Waals surface area contributed by atoms with Crippen molar-refractivity contribution in [2.75, 3.05) is 20.1 Å². The second-order valence-electron chi connectivity index (χ2n) is 6.45. The summed E-state index contributed by atoms with van der Waals surface area (Å²) in [5.74, 6) is 0. The SMILES string of the molecule is Cc1ccc(C(C)NCCN(C)C2CCCC2)c(C)c1. The molecule has 2 rings (SSSR count). The molecule has 1 atom stereocenters. The molecule has 0 spiro atoms. The lowest BCUT2D eigenvalue weighted by Gasteiger charge is -2.25. The molecule has 20 heavy (non-hydrogen) atoms. The molecule has 0 saturated heterocycles. The first kappa shape index (κ1) is 15.5. The van der Waals surface area contributed by atoms with E-state index >= 15 is 0 Å². The molecule has 1 aromatic carbocycles. The van der Waals surface area contributed by atoms with E-state index in [1.807, 2.05) is 0 Å². The van der Waals surface area contributed by atoms with Crippen LogP contribution >= 0.6 is 0 Å². The van der Waals surface area contributed by atoms with Crippen LogP contribution in [0.2, 0.25) is 0 Å². The first-order valence-electron chi connectivity index (χ1n) is 8.08. The molecule has 2 heteroatoms. The lowest BCUT2D eigenvalue weighted by molar-refractivity contribution is 0.243. The lowest BCUT2D eigenvalue weighted by Crippen LogP contribution is -2.36. The number of likely N-dealkylation sites (N-methyl/N-ethyl adjacent to an activating group) is 1. The Labute approximate surface area is 124 Å². The summed E-state index contributed by atoms with van der Waals surface area (Å²) in [4.78, 5) is 2.54. The van der Waals surface area contributed by atoms with E-state index in [1.54, 1.807) is 0 Å². The zero-order valence-electron chi connectivity index (χ0n) is 13.6. The highest BCUT2D eigenvalue weighted by atomic mass is 15.1. The first-order valence-corrected chi connectivity index (χ1v) is 8.08. The van der Waals surface area contributed by atoms with Gasteiger partial charge < -0.3 is 10.2 Å². The Bertz CT molecular complexity index is 421. The highest BCUT2D eigenvalue weighted by molar-refractivity contribution is 5.32. The zero-order chi connectivity index (χ0) is 14.5. The Balaban J connectivity index is 1.78. The number of nitrogens with zero attached hydrogens (tertiary/aromatic N) is 1. The van der Waals surface area contributed by atoms with Crippen molar-refractivity contribution in [1.29, 1.82) is 0 Å². The van der Waals surface area contributed by atoms with E-state index in [0.29, 0.717) is 6.04 Å². The summed E-state index contributed by atoms with van der Waals surface area (Å²) in [6.07, 6.45) is 5.62. The van der Waals surface area contributed by atoms with Crippen LogP contribution in [0.1, 0.15) is 55.3 Å². The second-order valence-corrected chi connectivity index (χ2v) is 6.45. The van der Waals surface area contributed by atoms with Crippen LogP contribution in [0, 0.1) is 13.8 Å². The molecule has 0 amide bonds. The van der Waals surface area contributed by atoms with Gasteiger partial charge in [0.2, 0.25) is 0 Å². The fraction of sp³-hybridized carbons (Fsp3) is 0.667. The maximum absolute atomic E-state index is 3.67. The maximum Gasteiger partial charge on any atom is 0.0294 e. The van der Waals surface area contributed by atoms with E-state index in [0.717, 1.165) is 19.1 Å². The van der Waals surface area contributed by atoms with Crippen LogP contribution in [0.5, 0.6) is 0 Å². The molecule has 1 saturated carbocycles. The van der Waals surface area contributed by atoms with Crippen molar-refractivity contribution in [2.24, 2.45) is 0 Å². The van der Waals surface area contributed by atoms with Crippen molar-refractivity contribution >= 4 is 0 Å². The predicted octanol–water partition coefficient (Wildman–Crippen LogP) is 3.83. The fourth-order valence-corrected chi connectivity index (χ4v) is 3.41. The van der Waals surface area contributed by atoms with E-state index in [4.69, 9.17) is 0 Å². The molecule has 0 radical (unpaired) electrons. The fourth-order valence-electron chi connectivity index (χ4n) is 3.41. The van der Waals surface area contributed by atoms with Crippen molar-refractivity contribution in [2.45, 2.75) is 58.5 Å². The molecule has 0 aromatic heterocycles. The second kappa shape index (κ2) is 7.24. The molecular formula is C18H30N2. The molecule has 1 aliphatic rings. The van der Waals surface area contributed by atoms with Gasteiger partial charge in [-0.3, -0.25) is 0 Å². The monoisotopic (exact) mass is 274 g/mol. The van der Waals surface area contributed by atoms with Gasteiger partial charge in [-0.2, -0.15) is 0 Å². The van der Waals surface area contributed by atoms with Gasteiger partial charge in [0.05, 0.1) is 0 Å². The van der Waals surface area contributed by atoms with Crippen LogP contribution in [0.3, 0.4) is 0 Å². The summed E-state index contributed by atoms with van der Waals surface area (Å²) in [5.41, 5.74) is 4.17. The standard InChI is InChI=1S/C18H30N2/c1-14-9-10-18(15(2)13-14)16(3)19-11-12-20(4)17-7-5-6-8-17/h9-10,13,16-17,19H,5-8,11-12H2,1-4H3. The predicted molar refractivity (Wildman–Crippen MR) is 87.2 cm³/mol. The summed E-state index contributed by atoms with van der Waals surface area (Å²) in [6.45, 7) is 8.87. The number of rotatable bonds is 6. The van der Waals surface area contributed by atoms with Crippen LogP contribution < -0.4 is 5.32 Å². The van der Waals surface area contributed by atoms with Gasteiger partial charge in [-0.05, 0) is 51.8 Å². The number of hydrogen-bond donors (Lipinski definition) is 1. The average molecular weight is 274 g/mol. The number of hydrogen-bond acceptors (Lipinski definition) is 2. The Kier molecular flexibility index (Phi) is 5.62. The Hall–Kier alpha value is -0.860. The third kappa shape index (κ3) is 4.07. The largest absolute Gasteiger partial charge is 0.309 e. The summed E-state index contributed by atoms with van der Waals surface area (Å²) >= 11 is 0. The quantitative estimate of drug-likeness (QED) is 0.848. The molecule has 1 unspecified atom stereocenters. The number of nitrogens with one attached hydrogen (secondary N) is 1. The van der Waals surface area contributed by atoms with E-state index in [1.165, 1.54) is 42.4 Å². The minimum Gasteiger partial charge on any atom is -0.309 e. The molecule has 0 bridgehead atoms. The van der Waals surface area contributed by atoms with Crippen molar-refractivity contribution in [3.63, 3.8) is 0 Å². The molecule has 1 fully saturated rings. The zero-order valence-corrected chi connectivity index (χ0v) is 13.6. The normalized spacial score (nSPS) is 17.9. The summed E-state index contributed by atoms with van der Waals surface area (Å²) in [7, 11) is 2.28. The van der Waals surface area contributed by atoms with Gasteiger partial charge in [0.15, 0.2) is 0 Å². The van der Waals surface area contributed by atoms with Crippen LogP contribution in [-0.4, -0.2) is 31.1 Å². The third-order valence-corrected chi connectivity index (χ3v) is 4.75. The van der Waals surface area contributed by atoms with E-state index in [9.17, 15) is 0 Å². The third-order valence-electron chi connectivity index (χ3n) is 4.75. The summed E-state index contributed by atoms with van der Waals surface area (Å²) in [6, 6.07) is 8.02. The van der Waals surface area contributed by atoms with E-state index in [-0.39, 0.29) is 0 Å². The molecule has 1 aliphatic carbocycles. The molecule has 1 N–H and O–H groups in total. The number of benzene rings is 1. The molecule has 2 nitrogen and oxygen atoms in total. The van der Waals surface area contributed by atoms with Gasteiger partial charge >= 0.3 is 0 Å². The Morgan fingerprint density at radius 3 is 2.60 bits per heavy atom.